The predicted octanol–water partition coefficient (Wildman–Crippen LogP) is -0.108. The van der Waals surface area contributed by atoms with E-state index in [1.807, 2.05) is 13.8 Å². The average molecular weight is 306 g/mol. The molecule has 4 N–H and O–H groups in total. The number of aromatic carboxylic acids is 3. The minimum absolute atomic E-state index is 0.408. The number of aromatic amines is 2. The normalized spacial score (nSPS) is 9.55. The monoisotopic (exact) mass is 306 g/mol. The molecule has 2 rings (SSSR count). The van der Waals surface area contributed by atoms with Gasteiger partial charge >= 0.3 is 11.9 Å². The molecule has 8 nitrogen and oxygen atoms in total. The van der Waals surface area contributed by atoms with E-state index >= 15 is 0 Å². The molecule has 0 atom stereocenters. The summed E-state index contributed by atoms with van der Waals surface area (Å²) in [5.41, 5.74) is 1.06. The first-order chi connectivity index (χ1) is 10.2. The Kier molecular flexibility index (Phi) is 5.39. The average Bonchev–Trinajstić information content (AvgIpc) is 2.82. The molecule has 0 saturated heterocycles. The molecule has 116 valence electrons. The summed E-state index contributed by atoms with van der Waals surface area (Å²) < 4.78 is 0. The third-order valence-corrected chi connectivity index (χ3v) is 2.55. The molecule has 0 bridgehead atoms. The largest absolute Gasteiger partial charge is 0.545 e. The zero-order valence-electron chi connectivity index (χ0n) is 11.8. The van der Waals surface area contributed by atoms with Crippen LogP contribution in [-0.2, 0) is 0 Å². The van der Waals surface area contributed by atoms with Crippen molar-refractivity contribution >= 4 is 17.9 Å². The lowest BCUT2D eigenvalue weighted by molar-refractivity contribution is -0.457. The van der Waals surface area contributed by atoms with Crippen LogP contribution in [0, 0.1) is 13.8 Å². The van der Waals surface area contributed by atoms with Gasteiger partial charge < -0.3 is 20.1 Å². The van der Waals surface area contributed by atoms with Crippen molar-refractivity contribution in [2.24, 2.45) is 0 Å². The molecule has 0 fully saturated rings. The van der Waals surface area contributed by atoms with E-state index < -0.39 is 34.6 Å². The van der Waals surface area contributed by atoms with Crippen molar-refractivity contribution in [2.45, 2.75) is 13.8 Å². The smallest absolute Gasteiger partial charge is 0.335 e. The van der Waals surface area contributed by atoms with Gasteiger partial charge in [0.2, 0.25) is 5.69 Å². The molecule has 0 aliphatic heterocycles. The van der Waals surface area contributed by atoms with E-state index in [1.54, 1.807) is 0 Å². The molecule has 0 radical (unpaired) electrons. The van der Waals surface area contributed by atoms with Crippen molar-refractivity contribution in [1.29, 1.82) is 0 Å². The lowest BCUT2D eigenvalue weighted by atomic mass is 10.1. The highest BCUT2D eigenvalue weighted by Crippen LogP contribution is 2.10. The number of carbonyl (C=O) groups is 3. The van der Waals surface area contributed by atoms with Crippen molar-refractivity contribution in [2.75, 3.05) is 0 Å². The number of aromatic nitrogens is 2. The number of H-pyrrole nitrogens is 2. The summed E-state index contributed by atoms with van der Waals surface area (Å²) in [5.74, 6) is -4.43. The highest BCUT2D eigenvalue weighted by molar-refractivity contribution is 5.98. The zero-order chi connectivity index (χ0) is 16.9. The second-order valence-corrected chi connectivity index (χ2v) is 4.46. The highest BCUT2D eigenvalue weighted by atomic mass is 16.4. The summed E-state index contributed by atoms with van der Waals surface area (Å²) in [6.07, 6.45) is 0. The maximum absolute atomic E-state index is 10.5. The third-order valence-electron chi connectivity index (χ3n) is 2.55. The summed E-state index contributed by atoms with van der Waals surface area (Å²) in [5, 5.41) is 33.5. The lowest BCUT2D eigenvalue weighted by Gasteiger charge is -2.05. The van der Waals surface area contributed by atoms with Gasteiger partial charge in [-0.3, -0.25) is 0 Å². The zero-order valence-corrected chi connectivity index (χ0v) is 11.8. The molecule has 0 aliphatic rings. The van der Waals surface area contributed by atoms with Gasteiger partial charge in [-0.2, -0.15) is 5.10 Å². The van der Waals surface area contributed by atoms with Crippen LogP contribution in [0.5, 0.6) is 0 Å². The highest BCUT2D eigenvalue weighted by Gasteiger charge is 2.11. The molecule has 1 aromatic heterocycles. The minimum Gasteiger partial charge on any atom is -0.545 e. The number of carboxylic acids is 3. The second-order valence-electron chi connectivity index (χ2n) is 4.46. The van der Waals surface area contributed by atoms with Crippen molar-refractivity contribution in [3.8, 4) is 0 Å². The lowest BCUT2D eigenvalue weighted by Crippen LogP contribution is -2.23. The molecule has 0 amide bonds. The molecular weight excluding hydrogens is 292 g/mol. The quantitative estimate of drug-likeness (QED) is 0.721. The summed E-state index contributed by atoms with van der Waals surface area (Å²) in [7, 11) is 0. The van der Waals surface area contributed by atoms with Crippen molar-refractivity contribution in [3.05, 3.63) is 52.3 Å². The van der Waals surface area contributed by atoms with E-state index in [0.29, 0.717) is 0 Å². The van der Waals surface area contributed by atoms with Gasteiger partial charge in [0.1, 0.15) is 0 Å². The Morgan fingerprint density at radius 3 is 1.64 bits per heavy atom. The van der Waals surface area contributed by atoms with Gasteiger partial charge in [-0.05, 0) is 30.7 Å². The van der Waals surface area contributed by atoms with Gasteiger partial charge in [-0.1, -0.05) is 0 Å². The molecule has 1 heterocycles. The topological polar surface area (TPSA) is 145 Å². The van der Waals surface area contributed by atoms with Gasteiger partial charge in [-0.15, -0.1) is 5.10 Å². The Morgan fingerprint density at radius 1 is 0.955 bits per heavy atom. The number of nitrogens with one attached hydrogen (secondary N) is 2. The molecule has 0 unspecified atom stereocenters. The number of hydrogen-bond acceptors (Lipinski definition) is 4. The van der Waals surface area contributed by atoms with E-state index in [2.05, 4.69) is 16.3 Å². The second kappa shape index (κ2) is 7.02. The Bertz CT molecular complexity index is 624. The van der Waals surface area contributed by atoms with Crippen LogP contribution in [-0.4, -0.2) is 33.2 Å². The Balaban J connectivity index is 0.000000287. The summed E-state index contributed by atoms with van der Waals surface area (Å²) in [4.78, 5) is 31.5. The molecule has 0 saturated carbocycles. The standard InChI is InChI=1S/C9H6O6.C5H8N2/c10-7(11)4-1-5(8(12)13)3-6(2-4)9(14)15;1-4-3-5(2)7-6-4/h1-3H,(H,10,11)(H,12,13)(H,14,15);3H,1-2H3,(H,6,7). The Labute approximate surface area is 125 Å². The van der Waals surface area contributed by atoms with Gasteiger partial charge in [0.25, 0.3) is 0 Å². The summed E-state index contributed by atoms with van der Waals surface area (Å²) >= 11 is 0. The first-order valence-corrected chi connectivity index (χ1v) is 6.07. The first-order valence-electron chi connectivity index (χ1n) is 6.07. The number of carboxylic acid groups (broad SMARTS) is 3. The van der Waals surface area contributed by atoms with E-state index in [1.165, 1.54) is 11.4 Å². The fourth-order valence-corrected chi connectivity index (χ4v) is 1.59. The van der Waals surface area contributed by atoms with E-state index in [-0.39, 0.29) is 0 Å². The fourth-order valence-electron chi connectivity index (χ4n) is 1.59. The van der Waals surface area contributed by atoms with Crippen LogP contribution in [0.3, 0.4) is 0 Å². The van der Waals surface area contributed by atoms with Gasteiger partial charge in [0, 0.05) is 13.0 Å². The van der Waals surface area contributed by atoms with Gasteiger partial charge in [0.15, 0.2) is 0 Å². The van der Waals surface area contributed by atoms with Crippen LogP contribution in [0.4, 0.5) is 0 Å². The fraction of sp³-hybridized carbons (Fsp3) is 0.143. The van der Waals surface area contributed by atoms with Crippen molar-refractivity contribution in [3.63, 3.8) is 0 Å². The number of hydrogen-bond donors (Lipinski definition) is 3. The van der Waals surface area contributed by atoms with Gasteiger partial charge in [0.05, 0.1) is 22.8 Å². The predicted molar refractivity (Wildman–Crippen MR) is 71.5 cm³/mol. The van der Waals surface area contributed by atoms with Crippen LogP contribution in [0.25, 0.3) is 0 Å². The molecular formula is C14H14N2O6. The molecule has 1 aromatic carbocycles. The van der Waals surface area contributed by atoms with E-state index in [9.17, 15) is 19.5 Å². The van der Waals surface area contributed by atoms with Crippen molar-refractivity contribution in [1.82, 2.24) is 5.10 Å². The van der Waals surface area contributed by atoms with Crippen LogP contribution in [0.2, 0.25) is 0 Å². The third kappa shape index (κ3) is 4.75. The SMILES string of the molecule is Cc1cc(C)[nH+][nH]1.O=C([O-])c1cc(C(=O)O)cc(C(=O)O)c1. The molecule has 8 heteroatoms. The number of benzene rings is 1. The first kappa shape index (κ1) is 16.9. The van der Waals surface area contributed by atoms with Crippen LogP contribution in [0.1, 0.15) is 42.5 Å². The molecule has 22 heavy (non-hydrogen) atoms. The Morgan fingerprint density at radius 2 is 1.41 bits per heavy atom. The van der Waals surface area contributed by atoms with Crippen LogP contribution in [0.15, 0.2) is 24.3 Å². The van der Waals surface area contributed by atoms with Crippen LogP contribution >= 0.6 is 0 Å². The number of carbonyl (C=O) groups excluding carboxylic acids is 1. The summed E-state index contributed by atoms with van der Waals surface area (Å²) in [6.45, 7) is 4.03. The molecule has 2 aromatic rings. The van der Waals surface area contributed by atoms with Gasteiger partial charge in [-0.25, -0.2) is 9.59 Å². The maximum atomic E-state index is 10.5. The number of rotatable bonds is 3. The minimum atomic E-state index is -1.62. The van der Waals surface area contributed by atoms with E-state index in [4.69, 9.17) is 10.2 Å². The maximum Gasteiger partial charge on any atom is 0.335 e. The van der Waals surface area contributed by atoms with Crippen LogP contribution < -0.4 is 10.2 Å². The van der Waals surface area contributed by atoms with E-state index in [0.717, 1.165) is 18.2 Å². The molecule has 0 aliphatic carbocycles. The van der Waals surface area contributed by atoms with Crippen molar-refractivity contribution < 1.29 is 34.8 Å². The Hall–Kier alpha value is -3.16. The number of aryl methyl sites for hydroxylation is 2. The molecule has 0 spiro atoms. The summed E-state index contributed by atoms with van der Waals surface area (Å²) in [6, 6.07) is 4.60.